The number of carbonyl (C=O) groups excluding carboxylic acids is 2. The highest BCUT2D eigenvalue weighted by Crippen LogP contribution is 2.25. The number of nitrogens with one attached hydrogen (secondary N) is 2. The Morgan fingerprint density at radius 1 is 1.23 bits per heavy atom. The van der Waals surface area contributed by atoms with Gasteiger partial charge in [-0.3, -0.25) is 14.5 Å². The number of carboxylic acids is 1. The van der Waals surface area contributed by atoms with Crippen LogP contribution in [0.2, 0.25) is 0 Å². The minimum absolute atomic E-state index is 0.185. The van der Waals surface area contributed by atoms with Crippen LogP contribution in [0.25, 0.3) is 0 Å². The molecule has 0 bridgehead atoms. The van der Waals surface area contributed by atoms with Crippen LogP contribution in [-0.2, 0) is 4.79 Å². The van der Waals surface area contributed by atoms with Gasteiger partial charge in [0.2, 0.25) is 0 Å². The van der Waals surface area contributed by atoms with Gasteiger partial charge >= 0.3 is 12.0 Å². The number of rotatable bonds is 4. The first-order chi connectivity index (χ1) is 12.5. The second-order valence-electron chi connectivity index (χ2n) is 6.71. The molecule has 2 aliphatic rings. The standard InChI is InChI=1S/C18H22FN3O4/c19-14-7-6-11(22-9-8-20-18(22)26)10-13(14)16(23)21-15-5-3-1-2-4-12(15)17(24)25/h6-7,10,12,15H,1-5,8-9H2,(H,20,26)(H,21,23)(H,24,25)/t12-,15+/m1/s1. The Bertz CT molecular complexity index is 724. The largest absolute Gasteiger partial charge is 0.481 e. The third kappa shape index (κ3) is 3.79. The molecular weight excluding hydrogens is 341 g/mol. The smallest absolute Gasteiger partial charge is 0.321 e. The quantitative estimate of drug-likeness (QED) is 0.714. The van der Waals surface area contributed by atoms with E-state index in [-0.39, 0.29) is 11.6 Å². The molecule has 26 heavy (non-hydrogen) atoms. The molecule has 0 aromatic heterocycles. The monoisotopic (exact) mass is 363 g/mol. The lowest BCUT2D eigenvalue weighted by atomic mass is 9.94. The van der Waals surface area contributed by atoms with Crippen molar-refractivity contribution in [3.05, 3.63) is 29.6 Å². The molecule has 1 aromatic carbocycles. The van der Waals surface area contributed by atoms with Crippen LogP contribution in [0.5, 0.6) is 0 Å². The summed E-state index contributed by atoms with van der Waals surface area (Å²) in [6.45, 7) is 0.926. The highest BCUT2D eigenvalue weighted by atomic mass is 19.1. The average molecular weight is 363 g/mol. The minimum Gasteiger partial charge on any atom is -0.481 e. The van der Waals surface area contributed by atoms with Crippen molar-refractivity contribution < 1.29 is 23.9 Å². The van der Waals surface area contributed by atoms with Gasteiger partial charge in [0, 0.05) is 24.8 Å². The van der Waals surface area contributed by atoms with Crippen molar-refractivity contribution in [2.75, 3.05) is 18.0 Å². The van der Waals surface area contributed by atoms with Crippen LogP contribution < -0.4 is 15.5 Å². The lowest BCUT2D eigenvalue weighted by Crippen LogP contribution is -2.43. The molecule has 1 saturated heterocycles. The number of nitrogens with zero attached hydrogens (tertiary/aromatic N) is 1. The number of aliphatic carboxylic acids is 1. The molecule has 3 N–H and O–H groups in total. The SMILES string of the molecule is O=C(N[C@H]1CCCCC[C@H]1C(=O)O)c1cc(N2CCNC2=O)ccc1F. The molecule has 0 unspecified atom stereocenters. The summed E-state index contributed by atoms with van der Waals surface area (Å²) >= 11 is 0. The number of hydrogen-bond acceptors (Lipinski definition) is 3. The van der Waals surface area contributed by atoms with Crippen molar-refractivity contribution in [2.24, 2.45) is 5.92 Å². The summed E-state index contributed by atoms with van der Waals surface area (Å²) in [5.41, 5.74) is 0.248. The van der Waals surface area contributed by atoms with Gasteiger partial charge in [-0.2, -0.15) is 0 Å². The highest BCUT2D eigenvalue weighted by Gasteiger charge is 2.31. The molecule has 1 aliphatic heterocycles. The van der Waals surface area contributed by atoms with Gasteiger partial charge in [0.05, 0.1) is 11.5 Å². The van der Waals surface area contributed by atoms with Crippen molar-refractivity contribution in [2.45, 2.75) is 38.1 Å². The van der Waals surface area contributed by atoms with E-state index in [2.05, 4.69) is 10.6 Å². The summed E-state index contributed by atoms with van der Waals surface area (Å²) in [4.78, 5) is 37.3. The fourth-order valence-electron chi connectivity index (χ4n) is 3.60. The summed E-state index contributed by atoms with van der Waals surface area (Å²) in [6, 6.07) is 3.11. The molecular formula is C18H22FN3O4. The lowest BCUT2D eigenvalue weighted by molar-refractivity contribution is -0.142. The van der Waals surface area contributed by atoms with Crippen LogP contribution in [0.15, 0.2) is 18.2 Å². The first-order valence-electron chi connectivity index (χ1n) is 8.86. The number of carboxylic acid groups (broad SMARTS) is 1. The number of carbonyl (C=O) groups is 3. The van der Waals surface area contributed by atoms with Gasteiger partial charge in [0.15, 0.2) is 0 Å². The van der Waals surface area contributed by atoms with Crippen LogP contribution in [0.4, 0.5) is 14.9 Å². The second-order valence-corrected chi connectivity index (χ2v) is 6.71. The van der Waals surface area contributed by atoms with Gasteiger partial charge < -0.3 is 15.7 Å². The van der Waals surface area contributed by atoms with Gasteiger partial charge in [-0.15, -0.1) is 0 Å². The molecule has 2 atom stereocenters. The van der Waals surface area contributed by atoms with Gasteiger partial charge in [0.25, 0.3) is 5.91 Å². The fraction of sp³-hybridized carbons (Fsp3) is 0.500. The Morgan fingerprint density at radius 2 is 2.00 bits per heavy atom. The molecule has 2 fully saturated rings. The Labute approximate surface area is 150 Å². The Hall–Kier alpha value is -2.64. The normalized spacial score (nSPS) is 23.3. The zero-order valence-corrected chi connectivity index (χ0v) is 14.3. The third-order valence-electron chi connectivity index (χ3n) is 5.01. The van der Waals surface area contributed by atoms with Crippen molar-refractivity contribution in [3.8, 4) is 0 Å². The first kappa shape index (κ1) is 18.2. The Balaban J connectivity index is 1.80. The second kappa shape index (κ2) is 7.72. The van der Waals surface area contributed by atoms with E-state index in [1.165, 1.54) is 17.0 Å². The number of amides is 3. The number of anilines is 1. The predicted molar refractivity (Wildman–Crippen MR) is 92.6 cm³/mol. The zero-order valence-electron chi connectivity index (χ0n) is 14.3. The number of hydrogen-bond donors (Lipinski definition) is 3. The molecule has 7 nitrogen and oxygen atoms in total. The van der Waals surface area contributed by atoms with Gasteiger partial charge in [0.1, 0.15) is 5.82 Å². The molecule has 1 aliphatic carbocycles. The molecule has 0 radical (unpaired) electrons. The minimum atomic E-state index is -0.944. The van der Waals surface area contributed by atoms with Crippen molar-refractivity contribution in [3.63, 3.8) is 0 Å². The van der Waals surface area contributed by atoms with E-state index in [1.54, 1.807) is 0 Å². The summed E-state index contributed by atoms with van der Waals surface area (Å²) in [7, 11) is 0. The van der Waals surface area contributed by atoms with E-state index in [4.69, 9.17) is 0 Å². The fourth-order valence-corrected chi connectivity index (χ4v) is 3.60. The first-order valence-corrected chi connectivity index (χ1v) is 8.86. The van der Waals surface area contributed by atoms with Gasteiger partial charge in [-0.1, -0.05) is 19.3 Å². The molecule has 3 rings (SSSR count). The molecule has 1 aromatic rings. The average Bonchev–Trinajstić information content (AvgIpc) is 2.89. The maximum atomic E-state index is 14.2. The van der Waals surface area contributed by atoms with Gasteiger partial charge in [-0.25, -0.2) is 9.18 Å². The predicted octanol–water partition coefficient (Wildman–Crippen LogP) is 2.12. The van der Waals surface area contributed by atoms with E-state index < -0.39 is 29.7 Å². The van der Waals surface area contributed by atoms with Crippen molar-refractivity contribution >= 4 is 23.6 Å². The van der Waals surface area contributed by atoms with Crippen LogP contribution >= 0.6 is 0 Å². The van der Waals surface area contributed by atoms with Crippen molar-refractivity contribution in [1.29, 1.82) is 0 Å². The van der Waals surface area contributed by atoms with E-state index in [9.17, 15) is 23.9 Å². The summed E-state index contributed by atoms with van der Waals surface area (Å²) in [5, 5.41) is 14.8. The maximum absolute atomic E-state index is 14.2. The number of halogens is 1. The lowest BCUT2D eigenvalue weighted by Gasteiger charge is -2.23. The van der Waals surface area contributed by atoms with E-state index >= 15 is 0 Å². The van der Waals surface area contributed by atoms with Crippen LogP contribution in [0.1, 0.15) is 42.5 Å². The van der Waals surface area contributed by atoms with Gasteiger partial charge in [-0.05, 0) is 31.0 Å². The Morgan fingerprint density at radius 3 is 2.69 bits per heavy atom. The molecule has 0 spiro atoms. The van der Waals surface area contributed by atoms with E-state index in [0.717, 1.165) is 25.3 Å². The zero-order chi connectivity index (χ0) is 18.7. The number of benzene rings is 1. The van der Waals surface area contributed by atoms with Crippen LogP contribution in [0.3, 0.4) is 0 Å². The molecule has 8 heteroatoms. The topological polar surface area (TPSA) is 98.7 Å². The van der Waals surface area contributed by atoms with Crippen LogP contribution in [0, 0.1) is 11.7 Å². The molecule has 140 valence electrons. The number of urea groups is 1. The summed E-state index contributed by atoms with van der Waals surface area (Å²) in [5.74, 6) is -2.97. The molecule has 3 amide bonds. The van der Waals surface area contributed by atoms with E-state index in [0.29, 0.717) is 31.6 Å². The maximum Gasteiger partial charge on any atom is 0.321 e. The summed E-state index contributed by atoms with van der Waals surface area (Å²) < 4.78 is 14.2. The molecule has 1 saturated carbocycles. The van der Waals surface area contributed by atoms with E-state index in [1.807, 2.05) is 0 Å². The molecule has 1 heterocycles. The Kier molecular flexibility index (Phi) is 5.39. The third-order valence-corrected chi connectivity index (χ3v) is 5.01. The van der Waals surface area contributed by atoms with Crippen molar-refractivity contribution in [1.82, 2.24) is 10.6 Å². The van der Waals surface area contributed by atoms with Crippen LogP contribution in [-0.4, -0.2) is 42.1 Å². The summed E-state index contributed by atoms with van der Waals surface area (Å²) in [6.07, 6.45) is 3.60. The highest BCUT2D eigenvalue weighted by molar-refractivity contribution is 5.99.